The number of benzene rings is 2. The molecule has 0 saturated heterocycles. The van der Waals surface area contributed by atoms with Gasteiger partial charge in [-0.15, -0.1) is 0 Å². The van der Waals surface area contributed by atoms with Gasteiger partial charge in [0.05, 0.1) is 26.6 Å². The topological polar surface area (TPSA) is 94.8 Å². The van der Waals surface area contributed by atoms with Crippen LogP contribution in [0.25, 0.3) is 11.0 Å². The minimum absolute atomic E-state index is 0.0457. The van der Waals surface area contributed by atoms with E-state index in [-0.39, 0.29) is 15.6 Å². The first-order valence-electron chi connectivity index (χ1n) is 6.05. The van der Waals surface area contributed by atoms with Crippen molar-refractivity contribution in [1.29, 1.82) is 0 Å². The van der Waals surface area contributed by atoms with Gasteiger partial charge in [-0.1, -0.05) is 11.6 Å². The summed E-state index contributed by atoms with van der Waals surface area (Å²) >= 11 is 5.62. The Kier molecular flexibility index (Phi) is 3.42. The van der Waals surface area contributed by atoms with Gasteiger partial charge in [0.15, 0.2) is 0 Å². The van der Waals surface area contributed by atoms with E-state index in [0.717, 1.165) is 6.07 Å². The lowest BCUT2D eigenvalue weighted by atomic mass is 10.3. The van der Waals surface area contributed by atoms with Crippen molar-refractivity contribution in [1.82, 2.24) is 9.97 Å². The Labute approximate surface area is 129 Å². The number of rotatable bonds is 3. The van der Waals surface area contributed by atoms with Crippen molar-refractivity contribution >= 4 is 38.3 Å². The van der Waals surface area contributed by atoms with Crippen molar-refractivity contribution in [3.63, 3.8) is 0 Å². The number of imidazole rings is 1. The fraction of sp³-hybridized carbons (Fsp3) is 0. The van der Waals surface area contributed by atoms with Crippen molar-refractivity contribution in [2.75, 3.05) is 4.72 Å². The van der Waals surface area contributed by atoms with Crippen molar-refractivity contribution in [3.05, 3.63) is 57.7 Å². The van der Waals surface area contributed by atoms with Crippen LogP contribution in [0.4, 0.5) is 10.1 Å². The summed E-state index contributed by atoms with van der Waals surface area (Å²) < 4.78 is 40.0. The summed E-state index contributed by atoms with van der Waals surface area (Å²) in [5.41, 5.74) is 0.565. The minimum Gasteiger partial charge on any atom is -0.306 e. The zero-order valence-electron chi connectivity index (χ0n) is 10.9. The Morgan fingerprint density at radius 1 is 1.05 bits per heavy atom. The SMILES string of the molecule is O=c1[nH]c2ccc(S(=O)(=O)Nc3ccc(F)c(Cl)c3)cc2[nH]1. The van der Waals surface area contributed by atoms with E-state index < -0.39 is 21.5 Å². The molecular weight excluding hydrogens is 333 g/mol. The third-order valence-electron chi connectivity index (χ3n) is 2.97. The van der Waals surface area contributed by atoms with E-state index in [2.05, 4.69) is 14.7 Å². The maximum atomic E-state index is 13.1. The second kappa shape index (κ2) is 5.15. The van der Waals surface area contributed by atoms with Crippen LogP contribution in [0, 0.1) is 5.82 Å². The quantitative estimate of drug-likeness (QED) is 0.683. The fourth-order valence-electron chi connectivity index (χ4n) is 1.95. The maximum Gasteiger partial charge on any atom is 0.323 e. The predicted molar refractivity (Wildman–Crippen MR) is 81.1 cm³/mol. The summed E-state index contributed by atoms with van der Waals surface area (Å²) in [7, 11) is -3.89. The predicted octanol–water partition coefficient (Wildman–Crippen LogP) is 2.45. The van der Waals surface area contributed by atoms with E-state index in [1.165, 1.54) is 30.3 Å². The molecule has 0 saturated carbocycles. The first kappa shape index (κ1) is 14.6. The smallest absolute Gasteiger partial charge is 0.306 e. The van der Waals surface area contributed by atoms with Crippen LogP contribution in [0.3, 0.4) is 0 Å². The Morgan fingerprint density at radius 2 is 1.77 bits per heavy atom. The number of aromatic nitrogens is 2. The monoisotopic (exact) mass is 341 g/mol. The molecule has 1 aromatic heterocycles. The first-order chi connectivity index (χ1) is 10.3. The summed E-state index contributed by atoms with van der Waals surface area (Å²) in [6.07, 6.45) is 0. The number of hydrogen-bond donors (Lipinski definition) is 3. The molecule has 3 aromatic rings. The van der Waals surface area contributed by atoms with Crippen LogP contribution >= 0.6 is 11.6 Å². The van der Waals surface area contributed by atoms with Gasteiger partial charge in [0.1, 0.15) is 5.82 Å². The van der Waals surface area contributed by atoms with Gasteiger partial charge in [0.2, 0.25) is 0 Å². The van der Waals surface area contributed by atoms with E-state index >= 15 is 0 Å². The van der Waals surface area contributed by atoms with Gasteiger partial charge >= 0.3 is 5.69 Å². The lowest BCUT2D eigenvalue weighted by Gasteiger charge is -2.08. The van der Waals surface area contributed by atoms with Crippen molar-refractivity contribution < 1.29 is 12.8 Å². The van der Waals surface area contributed by atoms with Gasteiger partial charge in [0.25, 0.3) is 10.0 Å². The van der Waals surface area contributed by atoms with E-state index in [0.29, 0.717) is 11.0 Å². The van der Waals surface area contributed by atoms with Crippen molar-refractivity contribution in [2.45, 2.75) is 4.90 Å². The highest BCUT2D eigenvalue weighted by Crippen LogP contribution is 2.23. The van der Waals surface area contributed by atoms with E-state index in [1.54, 1.807) is 0 Å². The van der Waals surface area contributed by atoms with Gasteiger partial charge in [0, 0.05) is 0 Å². The Bertz CT molecular complexity index is 1030. The third kappa shape index (κ3) is 2.70. The average molecular weight is 342 g/mol. The average Bonchev–Trinajstić information content (AvgIpc) is 2.81. The molecule has 0 bridgehead atoms. The number of fused-ring (bicyclic) bond motifs is 1. The molecule has 1 heterocycles. The molecular formula is C13H9ClFN3O3S. The van der Waals surface area contributed by atoms with Gasteiger partial charge in [-0.2, -0.15) is 0 Å². The number of anilines is 1. The van der Waals surface area contributed by atoms with Crippen LogP contribution in [0.5, 0.6) is 0 Å². The molecule has 0 radical (unpaired) electrons. The number of sulfonamides is 1. The number of hydrogen-bond acceptors (Lipinski definition) is 3. The molecule has 9 heteroatoms. The summed E-state index contributed by atoms with van der Waals surface area (Å²) in [5, 5.41) is -0.189. The van der Waals surface area contributed by atoms with Gasteiger partial charge in [-0.05, 0) is 36.4 Å². The Hall–Kier alpha value is -2.32. The second-order valence-corrected chi connectivity index (χ2v) is 6.61. The highest BCUT2D eigenvalue weighted by Gasteiger charge is 2.16. The summed E-state index contributed by atoms with van der Waals surface area (Å²) in [5.74, 6) is -0.643. The van der Waals surface area contributed by atoms with Crippen LogP contribution in [0.1, 0.15) is 0 Å². The summed E-state index contributed by atoms with van der Waals surface area (Å²) in [6, 6.07) is 7.63. The molecule has 3 rings (SSSR count). The van der Waals surface area contributed by atoms with E-state index in [4.69, 9.17) is 11.6 Å². The van der Waals surface area contributed by atoms with Crippen LogP contribution in [0.15, 0.2) is 46.1 Å². The molecule has 0 aliphatic carbocycles. The molecule has 0 aliphatic heterocycles. The zero-order chi connectivity index (χ0) is 15.9. The first-order valence-corrected chi connectivity index (χ1v) is 7.91. The molecule has 0 aliphatic rings. The number of nitrogens with one attached hydrogen (secondary N) is 3. The lowest BCUT2D eigenvalue weighted by molar-refractivity contribution is 0.601. The van der Waals surface area contributed by atoms with Crippen LogP contribution in [-0.2, 0) is 10.0 Å². The second-order valence-electron chi connectivity index (χ2n) is 4.52. The maximum absolute atomic E-state index is 13.1. The molecule has 0 amide bonds. The van der Waals surface area contributed by atoms with Gasteiger partial charge < -0.3 is 9.97 Å². The van der Waals surface area contributed by atoms with Crippen molar-refractivity contribution in [3.8, 4) is 0 Å². The largest absolute Gasteiger partial charge is 0.323 e. The summed E-state index contributed by atoms with van der Waals surface area (Å²) in [6.45, 7) is 0. The highest BCUT2D eigenvalue weighted by atomic mass is 35.5. The normalized spacial score (nSPS) is 11.7. The molecule has 0 unspecified atom stereocenters. The standard InChI is InChI=1S/C13H9ClFN3O3S/c14-9-5-7(1-3-10(9)15)18-22(20,21)8-2-4-11-12(6-8)17-13(19)16-11/h1-6,18H,(H2,16,17,19). The fourth-order valence-corrected chi connectivity index (χ4v) is 3.21. The molecule has 2 aromatic carbocycles. The molecule has 0 atom stereocenters. The van der Waals surface area contributed by atoms with Crippen LogP contribution in [0.2, 0.25) is 5.02 Å². The zero-order valence-corrected chi connectivity index (χ0v) is 12.4. The van der Waals surface area contributed by atoms with Crippen LogP contribution in [-0.4, -0.2) is 18.4 Å². The molecule has 3 N–H and O–H groups in total. The van der Waals surface area contributed by atoms with E-state index in [1.807, 2.05) is 0 Å². The third-order valence-corrected chi connectivity index (χ3v) is 4.64. The molecule has 114 valence electrons. The molecule has 0 fully saturated rings. The lowest BCUT2D eigenvalue weighted by Crippen LogP contribution is -2.13. The van der Waals surface area contributed by atoms with Crippen LogP contribution < -0.4 is 10.4 Å². The van der Waals surface area contributed by atoms with Gasteiger partial charge in [-0.25, -0.2) is 17.6 Å². The Balaban J connectivity index is 1.99. The van der Waals surface area contributed by atoms with Gasteiger partial charge in [-0.3, -0.25) is 4.72 Å². The molecule has 22 heavy (non-hydrogen) atoms. The number of aromatic amines is 2. The molecule has 0 spiro atoms. The Morgan fingerprint density at radius 3 is 2.50 bits per heavy atom. The number of H-pyrrole nitrogens is 2. The number of halogens is 2. The van der Waals surface area contributed by atoms with Crippen molar-refractivity contribution in [2.24, 2.45) is 0 Å². The summed E-state index contributed by atoms with van der Waals surface area (Å²) in [4.78, 5) is 16.1. The van der Waals surface area contributed by atoms with E-state index in [9.17, 15) is 17.6 Å². The minimum atomic E-state index is -3.89. The highest BCUT2D eigenvalue weighted by molar-refractivity contribution is 7.92. The molecule has 6 nitrogen and oxygen atoms in total.